The van der Waals surface area contributed by atoms with Gasteiger partial charge < -0.3 is 14.2 Å². The number of fused-ring (bicyclic) bond motifs is 21. The topological polar surface area (TPSA) is 58.3 Å². The van der Waals surface area contributed by atoms with Crippen molar-refractivity contribution in [3.8, 4) is 67.5 Å². The van der Waals surface area contributed by atoms with Crippen molar-refractivity contribution in [2.45, 2.75) is 116 Å². The van der Waals surface area contributed by atoms with E-state index >= 15 is 0 Å². The van der Waals surface area contributed by atoms with E-state index in [0.717, 1.165) is 67.1 Å². The standard InChI is InChI=1S/C42H33NOS.C39H31N3S.C36H31NS/c1-41(2)35-16-10-8-14-29(35)32-25-40-34(24-36(32)42(41,3)4)33-22-27(19-21-39(33)45-40)43(26-12-6-5-7-13-26)28-18-20-31-30-15-9-11-17-37(30)44-38(31)23-28;1-38(2)31-18-12-11-17-27(31)28-23-34-30(22-32(28)39(38,3)4)29-21-26(19-20-33(29)43-34)37-41-35(24-13-7-5-8-14-24)40-36(42-37)25-15-9-6-10-16-25;1-35(2)31-18-12-11-17-27(31)28-23-34-30(22-32(28)36(35,3)4)29-21-26(19-20-33(29)38-34)37(24-13-7-5-8-14-24)25-15-9-6-10-16-25/h5-25H,1-4H3;5-23H,1-4H3;5-23H,1-4H3. The lowest BCUT2D eigenvalue weighted by molar-refractivity contribution is 0.299. The van der Waals surface area contributed by atoms with Gasteiger partial charge >= 0.3 is 0 Å². The molecule has 21 aromatic rings. The summed E-state index contributed by atoms with van der Waals surface area (Å²) in [5.41, 5.74) is 28.3. The Bertz CT molecular complexity index is 7810. The summed E-state index contributed by atoms with van der Waals surface area (Å²) in [4.78, 5) is 19.6. The first-order chi connectivity index (χ1) is 61.0. The van der Waals surface area contributed by atoms with Crippen LogP contribution in [-0.4, -0.2) is 15.0 Å². The normalized spacial score (nSPS) is 15.0. The Kier molecular flexibility index (Phi) is 18.5. The molecule has 5 aromatic heterocycles. The number of hydrogen-bond acceptors (Lipinski definition) is 9. The van der Waals surface area contributed by atoms with Gasteiger partial charge in [-0.3, -0.25) is 0 Å². The van der Waals surface area contributed by atoms with E-state index < -0.39 is 0 Å². The van der Waals surface area contributed by atoms with Gasteiger partial charge in [0, 0.05) is 128 Å². The monoisotopic (exact) mass is 1680 g/mol. The zero-order chi connectivity index (χ0) is 85.9. The Morgan fingerprint density at radius 2 is 0.492 bits per heavy atom. The Morgan fingerprint density at radius 3 is 0.897 bits per heavy atom. The Balaban J connectivity index is 0.000000112. The van der Waals surface area contributed by atoms with Crippen molar-refractivity contribution in [1.29, 1.82) is 0 Å². The number of hydrogen-bond donors (Lipinski definition) is 0. The van der Waals surface area contributed by atoms with Crippen molar-refractivity contribution in [2.24, 2.45) is 0 Å². The van der Waals surface area contributed by atoms with Crippen LogP contribution in [0.3, 0.4) is 0 Å². The number of rotatable bonds is 9. The summed E-state index contributed by atoms with van der Waals surface area (Å²) in [6.45, 7) is 28.8. The Morgan fingerprint density at radius 1 is 0.198 bits per heavy atom. The summed E-state index contributed by atoms with van der Waals surface area (Å²) >= 11 is 5.65. The van der Waals surface area contributed by atoms with E-state index in [1.807, 2.05) is 107 Å². The molecule has 0 spiro atoms. The number of nitrogens with zero attached hydrogens (tertiary/aromatic N) is 5. The van der Waals surface area contributed by atoms with E-state index in [9.17, 15) is 0 Å². The van der Waals surface area contributed by atoms with Crippen molar-refractivity contribution in [3.05, 3.63) is 391 Å². The summed E-state index contributed by atoms with van der Waals surface area (Å²) in [6, 6.07) is 129. The molecule has 3 aliphatic carbocycles. The third-order valence-electron chi connectivity index (χ3n) is 29.3. The number of anilines is 6. The van der Waals surface area contributed by atoms with Crippen LogP contribution in [0.1, 0.15) is 116 Å². The third kappa shape index (κ3) is 12.5. The predicted molar refractivity (Wildman–Crippen MR) is 539 cm³/mol. The molecule has 0 unspecified atom stereocenters. The van der Waals surface area contributed by atoms with Gasteiger partial charge in [0.1, 0.15) is 11.2 Å². The number of thiophene rings is 3. The van der Waals surface area contributed by atoms with Crippen LogP contribution in [0.4, 0.5) is 34.1 Å². The van der Waals surface area contributed by atoms with Gasteiger partial charge in [-0.25, -0.2) is 15.0 Å². The first-order valence-corrected chi connectivity index (χ1v) is 46.3. The fourth-order valence-corrected chi connectivity index (χ4v) is 23.6. The molecule has 0 atom stereocenters. The van der Waals surface area contributed by atoms with E-state index in [-0.39, 0.29) is 32.5 Å². The van der Waals surface area contributed by atoms with Gasteiger partial charge in [0.2, 0.25) is 0 Å². The summed E-state index contributed by atoms with van der Waals surface area (Å²) in [7, 11) is 0. The van der Waals surface area contributed by atoms with Crippen molar-refractivity contribution in [3.63, 3.8) is 0 Å². The lowest BCUT2D eigenvalue weighted by Crippen LogP contribution is -2.43. The highest BCUT2D eigenvalue weighted by Gasteiger charge is 2.49. The lowest BCUT2D eigenvalue weighted by Gasteiger charge is -2.48. The number of benzene rings is 16. The Hall–Kier alpha value is -13.4. The molecule has 0 amide bonds. The molecule has 0 fully saturated rings. The molecule has 612 valence electrons. The molecule has 6 nitrogen and oxygen atoms in total. The molecular formula is C117H95N5OS3. The van der Waals surface area contributed by atoms with Crippen molar-refractivity contribution >= 4 is 151 Å². The largest absolute Gasteiger partial charge is 0.456 e. The first-order valence-electron chi connectivity index (χ1n) is 43.8. The van der Waals surface area contributed by atoms with Crippen LogP contribution in [0.15, 0.2) is 362 Å². The van der Waals surface area contributed by atoms with Crippen LogP contribution >= 0.6 is 34.0 Å². The smallest absolute Gasteiger partial charge is 0.164 e. The third-order valence-corrected chi connectivity index (χ3v) is 32.7. The van der Waals surface area contributed by atoms with Crippen LogP contribution in [0, 0.1) is 0 Å². The van der Waals surface area contributed by atoms with Crippen LogP contribution < -0.4 is 9.80 Å². The van der Waals surface area contributed by atoms with E-state index in [1.54, 1.807) is 0 Å². The molecule has 24 rings (SSSR count). The minimum absolute atomic E-state index is 0.000657. The van der Waals surface area contributed by atoms with Crippen LogP contribution in [0.5, 0.6) is 0 Å². The summed E-state index contributed by atoms with van der Waals surface area (Å²) in [6.07, 6.45) is 0. The average molecular weight is 1680 g/mol. The van der Waals surface area contributed by atoms with Crippen molar-refractivity contribution in [1.82, 2.24) is 15.0 Å². The highest BCUT2D eigenvalue weighted by molar-refractivity contribution is 7.26. The molecule has 126 heavy (non-hydrogen) atoms. The maximum Gasteiger partial charge on any atom is 0.164 e. The minimum Gasteiger partial charge on any atom is -0.456 e. The fraction of sp³-hybridized carbons (Fsp3) is 0.154. The van der Waals surface area contributed by atoms with Crippen LogP contribution in [0.2, 0.25) is 0 Å². The Labute approximate surface area is 748 Å². The van der Waals surface area contributed by atoms with Gasteiger partial charge in [-0.05, 0) is 245 Å². The minimum atomic E-state index is -0.0415. The van der Waals surface area contributed by atoms with Gasteiger partial charge in [-0.1, -0.05) is 289 Å². The highest BCUT2D eigenvalue weighted by atomic mass is 32.1. The number of para-hydroxylation sites is 4. The van der Waals surface area contributed by atoms with Crippen molar-refractivity contribution < 1.29 is 4.42 Å². The molecule has 0 saturated heterocycles. The molecule has 0 saturated carbocycles. The predicted octanol–water partition coefficient (Wildman–Crippen LogP) is 33.9. The van der Waals surface area contributed by atoms with Crippen LogP contribution in [0.25, 0.3) is 150 Å². The zero-order valence-electron chi connectivity index (χ0n) is 72.9. The number of aromatic nitrogens is 3. The second kappa shape index (κ2) is 29.6. The van der Waals surface area contributed by atoms with Gasteiger partial charge in [-0.15, -0.1) is 34.0 Å². The molecule has 0 aliphatic heterocycles. The molecule has 0 N–H and O–H groups in total. The maximum absolute atomic E-state index is 6.32. The van der Waals surface area contributed by atoms with Crippen molar-refractivity contribution in [2.75, 3.05) is 9.80 Å². The number of furan rings is 1. The van der Waals surface area contributed by atoms with Gasteiger partial charge in [0.25, 0.3) is 0 Å². The first kappa shape index (κ1) is 78.6. The second-order valence-corrected chi connectivity index (χ2v) is 40.7. The quantitative estimate of drug-likeness (QED) is 0.144. The van der Waals surface area contributed by atoms with E-state index in [1.165, 1.54) is 133 Å². The van der Waals surface area contributed by atoms with E-state index in [2.05, 4.69) is 378 Å². The van der Waals surface area contributed by atoms with E-state index in [4.69, 9.17) is 19.4 Å². The molecule has 9 heteroatoms. The molecule has 16 aromatic carbocycles. The fourth-order valence-electron chi connectivity index (χ4n) is 20.3. The molecule has 0 bridgehead atoms. The molecule has 3 aliphatic rings. The average Bonchev–Trinajstić information content (AvgIpc) is 1.19. The maximum atomic E-state index is 6.32. The van der Waals surface area contributed by atoms with E-state index in [0.29, 0.717) is 17.5 Å². The highest BCUT2D eigenvalue weighted by Crippen LogP contribution is 2.60. The van der Waals surface area contributed by atoms with Gasteiger partial charge in [0.05, 0.1) is 0 Å². The summed E-state index contributed by atoms with van der Waals surface area (Å²) < 4.78 is 14.2. The van der Waals surface area contributed by atoms with Gasteiger partial charge in [-0.2, -0.15) is 0 Å². The summed E-state index contributed by atoms with van der Waals surface area (Å²) in [5, 5.41) is 10.1. The summed E-state index contributed by atoms with van der Waals surface area (Å²) in [5.74, 6) is 2.04. The molecular weight excluding hydrogens is 1590 g/mol. The molecule has 5 heterocycles. The lowest BCUT2D eigenvalue weighted by atomic mass is 9.55. The van der Waals surface area contributed by atoms with Gasteiger partial charge in [0.15, 0.2) is 17.5 Å². The second-order valence-electron chi connectivity index (χ2n) is 37.4. The SMILES string of the molecule is CC1(C)c2ccccc2-c2cc3sc4ccc(-c5nc(-c6ccccc6)nc(-c6ccccc6)n5)cc4c3cc2C1(C)C.CC1(C)c2ccccc2-c2cc3sc4ccc(N(c5ccccc5)c5ccc6c(c5)oc5ccccc56)cc4c3cc2C1(C)C.CC1(C)c2ccccc2-c2cc3sc4ccc(N(c5ccccc5)c5ccccc5)cc4c3cc2C1(C)C. The van der Waals surface area contributed by atoms with Crippen LogP contribution in [-0.2, 0) is 32.5 Å². The molecule has 0 radical (unpaired) electrons. The zero-order valence-corrected chi connectivity index (χ0v) is 75.4.